The predicted octanol–water partition coefficient (Wildman–Crippen LogP) is 14.3. The van der Waals surface area contributed by atoms with Crippen molar-refractivity contribution in [3.05, 3.63) is 194 Å². The average Bonchev–Trinajstić information content (AvgIpc) is 3.76. The third-order valence-corrected chi connectivity index (χ3v) is 11.8. The fraction of sp³-hybridized carbons (Fsp3) is 0. The molecule has 2 heteroatoms. The van der Waals surface area contributed by atoms with Gasteiger partial charge in [0.2, 0.25) is 0 Å². The molecule has 12 rings (SSSR count). The van der Waals surface area contributed by atoms with Crippen molar-refractivity contribution in [1.29, 1.82) is 0 Å². The Morgan fingerprint density at radius 3 is 1.65 bits per heavy atom. The Morgan fingerprint density at radius 2 is 0.945 bits per heavy atom. The maximum atomic E-state index is 4.67. The van der Waals surface area contributed by atoms with E-state index in [9.17, 15) is 0 Å². The van der Waals surface area contributed by atoms with Crippen molar-refractivity contribution < 1.29 is 0 Å². The molecule has 0 atom stereocenters. The lowest BCUT2D eigenvalue weighted by Crippen LogP contribution is -1.94. The van der Waals surface area contributed by atoms with E-state index in [1.165, 1.54) is 99.0 Å². The van der Waals surface area contributed by atoms with E-state index in [0.717, 1.165) is 16.6 Å². The Kier molecular flexibility index (Phi) is 6.37. The summed E-state index contributed by atoms with van der Waals surface area (Å²) >= 11 is 0. The van der Waals surface area contributed by atoms with Crippen molar-refractivity contribution in [2.75, 3.05) is 0 Å². The molecule has 0 radical (unpaired) electrons. The summed E-state index contributed by atoms with van der Waals surface area (Å²) in [4.78, 5) is 4.67. The van der Waals surface area contributed by atoms with E-state index < -0.39 is 0 Å². The molecule has 1 aliphatic rings. The third-order valence-electron chi connectivity index (χ3n) is 11.8. The lowest BCUT2D eigenvalue weighted by atomic mass is 9.82. The van der Waals surface area contributed by atoms with Gasteiger partial charge in [0.05, 0.1) is 16.6 Å². The summed E-state index contributed by atoms with van der Waals surface area (Å²) in [7, 11) is 0. The SMILES string of the molecule is c1ccc(-c2c3c(c(-c4ccccc4)c4ccccc24)-c2ccc(-c4ccc(-n5c6ccccc6c6cc7ncccc7cc65)cc4)c4cccc-3c24)cc1. The molecular weight excluding hydrogens is 665 g/mol. The normalized spacial score (nSPS) is 12.0. The van der Waals surface area contributed by atoms with Gasteiger partial charge in [0.15, 0.2) is 0 Å². The Hall–Kier alpha value is -7.29. The van der Waals surface area contributed by atoms with Crippen molar-refractivity contribution in [3.8, 4) is 61.3 Å². The van der Waals surface area contributed by atoms with Crippen LogP contribution < -0.4 is 0 Å². The number of rotatable bonds is 4. The van der Waals surface area contributed by atoms with Crippen LogP contribution in [0, 0.1) is 0 Å². The molecular formula is C53H32N2. The summed E-state index contributed by atoms with van der Waals surface area (Å²) in [5.74, 6) is 0. The molecule has 0 amide bonds. The van der Waals surface area contributed by atoms with E-state index >= 15 is 0 Å². The first-order valence-corrected chi connectivity index (χ1v) is 19.0. The zero-order chi connectivity index (χ0) is 36.0. The van der Waals surface area contributed by atoms with Gasteiger partial charge in [0, 0.05) is 28.0 Å². The Morgan fingerprint density at radius 1 is 0.345 bits per heavy atom. The standard InChI is InChI=1S/C53H32N2/c1-3-13-34(14-4-1)49-41-19-7-8-20-42(41)50(35-15-5-2-6-16-35)53-44-29-28-38(40-21-11-22-43(51(40)44)52(49)53)33-24-26-37(27-25-33)55-47-23-10-9-18-39(47)45-32-46-36(31-48(45)55)17-12-30-54-46/h1-32H. The first-order valence-electron chi connectivity index (χ1n) is 19.0. The van der Waals surface area contributed by atoms with Gasteiger partial charge in [0.1, 0.15) is 0 Å². The van der Waals surface area contributed by atoms with E-state index in [1.54, 1.807) is 0 Å². The van der Waals surface area contributed by atoms with Gasteiger partial charge in [-0.05, 0) is 114 Å². The summed E-state index contributed by atoms with van der Waals surface area (Å²) in [5, 5.41) is 8.75. The van der Waals surface area contributed by atoms with E-state index in [2.05, 4.69) is 192 Å². The van der Waals surface area contributed by atoms with E-state index in [1.807, 2.05) is 12.3 Å². The number of para-hydroxylation sites is 1. The molecule has 0 N–H and O–H groups in total. The Bertz CT molecular complexity index is 3250. The maximum Gasteiger partial charge on any atom is 0.0709 e. The molecule has 254 valence electrons. The van der Waals surface area contributed by atoms with Crippen molar-refractivity contribution in [2.45, 2.75) is 0 Å². The quantitative estimate of drug-likeness (QED) is 0.179. The molecule has 2 aromatic heterocycles. The van der Waals surface area contributed by atoms with Crippen LogP contribution in [0.4, 0.5) is 0 Å². The van der Waals surface area contributed by atoms with Gasteiger partial charge < -0.3 is 4.57 Å². The number of nitrogens with zero attached hydrogens (tertiary/aromatic N) is 2. The summed E-state index contributed by atoms with van der Waals surface area (Å²) in [6.07, 6.45) is 1.87. The third kappa shape index (κ3) is 4.34. The second-order valence-electron chi connectivity index (χ2n) is 14.6. The predicted molar refractivity (Wildman–Crippen MR) is 232 cm³/mol. The molecule has 0 fully saturated rings. The fourth-order valence-electron chi connectivity index (χ4n) is 9.46. The summed E-state index contributed by atoms with van der Waals surface area (Å²) < 4.78 is 2.39. The van der Waals surface area contributed by atoms with Crippen LogP contribution in [-0.2, 0) is 0 Å². The number of pyridine rings is 1. The smallest absolute Gasteiger partial charge is 0.0709 e. The van der Waals surface area contributed by atoms with Gasteiger partial charge in [0.25, 0.3) is 0 Å². The first-order chi connectivity index (χ1) is 27.3. The summed E-state index contributed by atoms with van der Waals surface area (Å²) in [6.45, 7) is 0. The van der Waals surface area contributed by atoms with Crippen molar-refractivity contribution in [2.24, 2.45) is 0 Å². The van der Waals surface area contributed by atoms with E-state index in [-0.39, 0.29) is 0 Å². The molecule has 0 unspecified atom stereocenters. The summed E-state index contributed by atoms with van der Waals surface area (Å²) in [6, 6.07) is 69.0. The average molecular weight is 697 g/mol. The second-order valence-corrected chi connectivity index (χ2v) is 14.6. The summed E-state index contributed by atoms with van der Waals surface area (Å²) in [5.41, 5.74) is 17.3. The topological polar surface area (TPSA) is 17.8 Å². The number of aromatic nitrogens is 2. The zero-order valence-corrected chi connectivity index (χ0v) is 29.9. The molecule has 11 aromatic rings. The highest BCUT2D eigenvalue weighted by Gasteiger charge is 2.31. The zero-order valence-electron chi connectivity index (χ0n) is 29.9. The largest absolute Gasteiger partial charge is 0.309 e. The molecule has 0 bridgehead atoms. The van der Waals surface area contributed by atoms with Crippen molar-refractivity contribution in [3.63, 3.8) is 0 Å². The second kappa shape index (κ2) is 11.6. The van der Waals surface area contributed by atoms with Gasteiger partial charge in [-0.2, -0.15) is 0 Å². The van der Waals surface area contributed by atoms with E-state index in [4.69, 9.17) is 0 Å². The number of hydrogen-bond donors (Lipinski definition) is 0. The highest BCUT2D eigenvalue weighted by Crippen LogP contribution is 2.58. The lowest BCUT2D eigenvalue weighted by Gasteiger charge is -2.20. The minimum absolute atomic E-state index is 1.02. The molecule has 9 aromatic carbocycles. The van der Waals surface area contributed by atoms with Crippen LogP contribution in [-0.4, -0.2) is 9.55 Å². The van der Waals surface area contributed by atoms with Gasteiger partial charge in [-0.1, -0.05) is 152 Å². The maximum absolute atomic E-state index is 4.67. The highest BCUT2D eigenvalue weighted by atomic mass is 15.0. The van der Waals surface area contributed by atoms with Gasteiger partial charge in [-0.15, -0.1) is 0 Å². The van der Waals surface area contributed by atoms with Gasteiger partial charge in [-0.25, -0.2) is 0 Å². The monoisotopic (exact) mass is 696 g/mol. The minimum atomic E-state index is 1.02. The molecule has 0 aliphatic heterocycles. The molecule has 0 saturated carbocycles. The minimum Gasteiger partial charge on any atom is -0.309 e. The lowest BCUT2D eigenvalue weighted by molar-refractivity contribution is 1.18. The van der Waals surface area contributed by atoms with Crippen molar-refractivity contribution >= 4 is 54.3 Å². The molecule has 1 aliphatic carbocycles. The van der Waals surface area contributed by atoms with Crippen molar-refractivity contribution in [1.82, 2.24) is 9.55 Å². The molecule has 2 nitrogen and oxygen atoms in total. The Labute approximate surface area is 318 Å². The van der Waals surface area contributed by atoms with Crippen LogP contribution in [0.25, 0.3) is 116 Å². The molecule has 55 heavy (non-hydrogen) atoms. The first kappa shape index (κ1) is 30.2. The Balaban J connectivity index is 1.08. The highest BCUT2D eigenvalue weighted by molar-refractivity contribution is 6.28. The fourth-order valence-corrected chi connectivity index (χ4v) is 9.46. The number of benzene rings is 9. The molecule has 0 saturated heterocycles. The van der Waals surface area contributed by atoms with Crippen LogP contribution in [0.1, 0.15) is 0 Å². The number of fused-ring (bicyclic) bond motifs is 8. The van der Waals surface area contributed by atoms with Crippen LogP contribution >= 0.6 is 0 Å². The number of hydrogen-bond acceptors (Lipinski definition) is 1. The van der Waals surface area contributed by atoms with Crippen LogP contribution in [0.3, 0.4) is 0 Å². The van der Waals surface area contributed by atoms with Crippen LogP contribution in [0.2, 0.25) is 0 Å². The molecule has 2 heterocycles. The van der Waals surface area contributed by atoms with Gasteiger partial charge >= 0.3 is 0 Å². The van der Waals surface area contributed by atoms with E-state index in [0.29, 0.717) is 0 Å². The van der Waals surface area contributed by atoms with Crippen LogP contribution in [0.5, 0.6) is 0 Å². The molecule has 0 spiro atoms. The van der Waals surface area contributed by atoms with Crippen LogP contribution in [0.15, 0.2) is 194 Å². The van der Waals surface area contributed by atoms with Gasteiger partial charge in [-0.3, -0.25) is 4.98 Å².